The topological polar surface area (TPSA) is 24.9 Å². The molecule has 0 saturated heterocycles. The summed E-state index contributed by atoms with van der Waals surface area (Å²) in [6.45, 7) is 5.45. The van der Waals surface area contributed by atoms with E-state index in [-0.39, 0.29) is 0 Å². The van der Waals surface area contributed by atoms with Crippen LogP contribution in [0.25, 0.3) is 0 Å². The van der Waals surface area contributed by atoms with Crippen LogP contribution in [0.1, 0.15) is 42.8 Å². The van der Waals surface area contributed by atoms with Gasteiger partial charge in [-0.15, -0.1) is 11.3 Å². The number of benzene rings is 1. The highest BCUT2D eigenvalue weighted by Crippen LogP contribution is 2.20. The number of nitrogens with zero attached hydrogens (tertiary/aromatic N) is 1. The molecular formula is C15H20N2S. The fraction of sp³-hybridized carbons (Fsp3) is 0.400. The van der Waals surface area contributed by atoms with Crippen LogP contribution in [0.3, 0.4) is 0 Å². The van der Waals surface area contributed by atoms with E-state index in [2.05, 4.69) is 54.5 Å². The van der Waals surface area contributed by atoms with Crippen molar-refractivity contribution in [1.29, 1.82) is 0 Å². The molecule has 18 heavy (non-hydrogen) atoms. The van der Waals surface area contributed by atoms with E-state index in [0.717, 1.165) is 13.0 Å². The highest BCUT2D eigenvalue weighted by Gasteiger charge is 2.13. The van der Waals surface area contributed by atoms with Crippen LogP contribution in [0.15, 0.2) is 41.9 Å². The summed E-state index contributed by atoms with van der Waals surface area (Å²) >= 11 is 1.73. The van der Waals surface area contributed by atoms with Crippen LogP contribution in [-0.2, 0) is 0 Å². The molecule has 0 aliphatic rings. The zero-order valence-electron chi connectivity index (χ0n) is 11.0. The van der Waals surface area contributed by atoms with E-state index in [1.807, 2.05) is 11.6 Å². The number of nitrogens with one attached hydrogen (secondary N) is 1. The number of hydrogen-bond donors (Lipinski definition) is 1. The molecule has 0 aliphatic heterocycles. The number of hydrogen-bond acceptors (Lipinski definition) is 3. The lowest BCUT2D eigenvalue weighted by Crippen LogP contribution is -2.25. The number of thiazole rings is 1. The van der Waals surface area contributed by atoms with Gasteiger partial charge in [0.2, 0.25) is 0 Å². The lowest BCUT2D eigenvalue weighted by Gasteiger charge is -2.18. The predicted molar refractivity (Wildman–Crippen MR) is 78.0 cm³/mol. The largest absolute Gasteiger partial charge is 0.307 e. The van der Waals surface area contributed by atoms with Crippen molar-refractivity contribution in [2.75, 3.05) is 6.54 Å². The smallest absolute Gasteiger partial charge is 0.109 e. The number of rotatable bonds is 6. The Balaban J connectivity index is 1.91. The minimum Gasteiger partial charge on any atom is -0.307 e. The first kappa shape index (κ1) is 13.2. The molecular weight excluding hydrogens is 240 g/mol. The van der Waals surface area contributed by atoms with Gasteiger partial charge in [0.15, 0.2) is 0 Å². The fourth-order valence-corrected chi connectivity index (χ4v) is 2.83. The second kappa shape index (κ2) is 6.66. The molecule has 2 atom stereocenters. The first-order chi connectivity index (χ1) is 8.81. The first-order valence-corrected chi connectivity index (χ1v) is 7.37. The highest BCUT2D eigenvalue weighted by atomic mass is 32.1. The van der Waals surface area contributed by atoms with Gasteiger partial charge < -0.3 is 5.32 Å². The summed E-state index contributed by atoms with van der Waals surface area (Å²) < 4.78 is 0. The number of aromatic nitrogens is 1. The van der Waals surface area contributed by atoms with E-state index in [4.69, 9.17) is 0 Å². The predicted octanol–water partition coefficient (Wildman–Crippen LogP) is 3.99. The molecule has 3 heteroatoms. The van der Waals surface area contributed by atoms with Crippen molar-refractivity contribution in [3.05, 3.63) is 52.5 Å². The molecule has 2 aromatic rings. The first-order valence-electron chi connectivity index (χ1n) is 6.49. The van der Waals surface area contributed by atoms with Gasteiger partial charge in [0, 0.05) is 18.1 Å². The van der Waals surface area contributed by atoms with E-state index in [1.165, 1.54) is 10.6 Å². The zero-order chi connectivity index (χ0) is 12.8. The van der Waals surface area contributed by atoms with Crippen molar-refractivity contribution in [3.63, 3.8) is 0 Å². The van der Waals surface area contributed by atoms with Crippen LogP contribution in [0.4, 0.5) is 0 Å². The van der Waals surface area contributed by atoms with Crippen molar-refractivity contribution in [2.45, 2.75) is 32.2 Å². The highest BCUT2D eigenvalue weighted by molar-refractivity contribution is 7.09. The molecule has 2 nitrogen and oxygen atoms in total. The average molecular weight is 260 g/mol. The van der Waals surface area contributed by atoms with Gasteiger partial charge in [-0.1, -0.05) is 44.2 Å². The van der Waals surface area contributed by atoms with Gasteiger partial charge in [0.05, 0.1) is 6.04 Å². The van der Waals surface area contributed by atoms with Gasteiger partial charge in [-0.2, -0.15) is 0 Å². The van der Waals surface area contributed by atoms with Gasteiger partial charge in [-0.05, 0) is 17.9 Å². The van der Waals surface area contributed by atoms with Crippen molar-refractivity contribution in [3.8, 4) is 0 Å². The summed E-state index contributed by atoms with van der Waals surface area (Å²) in [7, 11) is 0. The summed E-state index contributed by atoms with van der Waals surface area (Å²) in [5.41, 5.74) is 1.39. The van der Waals surface area contributed by atoms with Crippen LogP contribution in [0, 0.1) is 0 Å². The van der Waals surface area contributed by atoms with Gasteiger partial charge in [-0.3, -0.25) is 0 Å². The van der Waals surface area contributed by atoms with E-state index < -0.39 is 0 Å². The van der Waals surface area contributed by atoms with E-state index in [1.54, 1.807) is 11.3 Å². The summed E-state index contributed by atoms with van der Waals surface area (Å²) in [6, 6.07) is 11.0. The molecule has 1 aromatic carbocycles. The van der Waals surface area contributed by atoms with Crippen molar-refractivity contribution < 1.29 is 0 Å². The summed E-state index contributed by atoms with van der Waals surface area (Å²) in [5, 5.41) is 6.85. The Hall–Kier alpha value is -1.19. The van der Waals surface area contributed by atoms with Crippen molar-refractivity contribution >= 4 is 11.3 Å². The maximum Gasteiger partial charge on any atom is 0.109 e. The van der Waals surface area contributed by atoms with E-state index in [9.17, 15) is 0 Å². The second-order valence-corrected chi connectivity index (χ2v) is 5.48. The third-order valence-electron chi connectivity index (χ3n) is 3.20. The van der Waals surface area contributed by atoms with Crippen LogP contribution in [0.5, 0.6) is 0 Å². The Morgan fingerprint density at radius 1 is 1.28 bits per heavy atom. The standard InChI is InChI=1S/C15H20N2S/c1-3-14(15-16-9-10-18-15)17-11-12(2)13-7-5-4-6-8-13/h4-10,12,14,17H,3,11H2,1-2H3. The SMILES string of the molecule is CCC(NCC(C)c1ccccc1)c1nccs1. The Morgan fingerprint density at radius 3 is 2.67 bits per heavy atom. The third-order valence-corrected chi connectivity index (χ3v) is 4.09. The minimum atomic E-state index is 0.385. The average Bonchev–Trinajstić information content (AvgIpc) is 2.94. The van der Waals surface area contributed by atoms with E-state index in [0.29, 0.717) is 12.0 Å². The Labute approximate surface area is 113 Å². The fourth-order valence-electron chi connectivity index (χ4n) is 2.03. The monoisotopic (exact) mass is 260 g/mol. The second-order valence-electron chi connectivity index (χ2n) is 4.55. The van der Waals surface area contributed by atoms with Crippen molar-refractivity contribution in [2.24, 2.45) is 0 Å². The molecule has 0 aliphatic carbocycles. The van der Waals surface area contributed by atoms with Gasteiger partial charge in [-0.25, -0.2) is 4.98 Å². The lowest BCUT2D eigenvalue weighted by atomic mass is 10.0. The minimum absolute atomic E-state index is 0.385. The lowest BCUT2D eigenvalue weighted by molar-refractivity contribution is 0.493. The molecule has 1 N–H and O–H groups in total. The zero-order valence-corrected chi connectivity index (χ0v) is 11.8. The summed E-state index contributed by atoms with van der Waals surface area (Å²) in [6.07, 6.45) is 2.96. The summed E-state index contributed by atoms with van der Waals surface area (Å²) in [5.74, 6) is 0.528. The Bertz CT molecular complexity index is 439. The van der Waals surface area contributed by atoms with Gasteiger partial charge in [0.1, 0.15) is 5.01 Å². The maximum atomic E-state index is 4.39. The van der Waals surface area contributed by atoms with Crippen LogP contribution in [0.2, 0.25) is 0 Å². The molecule has 2 unspecified atom stereocenters. The van der Waals surface area contributed by atoms with Crippen LogP contribution < -0.4 is 5.32 Å². The molecule has 2 rings (SSSR count). The maximum absolute atomic E-state index is 4.39. The Kier molecular flexibility index (Phi) is 4.90. The molecule has 0 spiro atoms. The third kappa shape index (κ3) is 3.40. The molecule has 1 aromatic heterocycles. The molecule has 0 bridgehead atoms. The molecule has 96 valence electrons. The molecule has 0 amide bonds. The quantitative estimate of drug-likeness (QED) is 0.849. The Morgan fingerprint density at radius 2 is 2.06 bits per heavy atom. The molecule has 1 heterocycles. The molecule has 0 radical (unpaired) electrons. The normalized spacial score (nSPS) is 14.3. The van der Waals surface area contributed by atoms with Crippen LogP contribution >= 0.6 is 11.3 Å². The van der Waals surface area contributed by atoms with Gasteiger partial charge in [0.25, 0.3) is 0 Å². The van der Waals surface area contributed by atoms with Crippen LogP contribution in [-0.4, -0.2) is 11.5 Å². The summed E-state index contributed by atoms with van der Waals surface area (Å²) in [4.78, 5) is 4.39. The van der Waals surface area contributed by atoms with Gasteiger partial charge >= 0.3 is 0 Å². The van der Waals surface area contributed by atoms with E-state index >= 15 is 0 Å². The van der Waals surface area contributed by atoms with Crippen molar-refractivity contribution in [1.82, 2.24) is 10.3 Å². The molecule has 0 fully saturated rings. The molecule has 0 saturated carbocycles.